The van der Waals surface area contributed by atoms with Gasteiger partial charge in [0.1, 0.15) is 18.3 Å². The van der Waals surface area contributed by atoms with Gasteiger partial charge in [-0.2, -0.15) is 0 Å². The normalized spacial score (nSPS) is 12.5. The predicted octanol–water partition coefficient (Wildman–Crippen LogP) is 7.80. The van der Waals surface area contributed by atoms with Crippen LogP contribution in [0, 0.1) is 0 Å². The summed E-state index contributed by atoms with van der Waals surface area (Å²) in [6.07, 6.45) is 0.835. The lowest BCUT2D eigenvalue weighted by Gasteiger charge is -2.34. The highest BCUT2D eigenvalue weighted by Gasteiger charge is 2.36. The van der Waals surface area contributed by atoms with Gasteiger partial charge in [0.05, 0.1) is 17.2 Å². The minimum absolute atomic E-state index is 0.0753. The summed E-state index contributed by atoms with van der Waals surface area (Å²) in [6.45, 7) is 5.12. The van der Waals surface area contributed by atoms with E-state index in [0.29, 0.717) is 27.1 Å². The highest BCUT2D eigenvalue weighted by Crippen LogP contribution is 2.33. The number of hydrogen-bond acceptors (Lipinski definition) is 5. The third-order valence-corrected chi connectivity index (χ3v) is 10.4. The zero-order chi connectivity index (χ0) is 34.8. The van der Waals surface area contributed by atoms with Crippen LogP contribution in [0.2, 0.25) is 15.1 Å². The first kappa shape index (κ1) is 37.1. The number of ether oxygens (including phenoxy) is 1. The number of carbonyl (C=O) groups excluding carboxylic acids is 2. The van der Waals surface area contributed by atoms with Crippen LogP contribution in [0.5, 0.6) is 5.75 Å². The Labute approximate surface area is 297 Å². The van der Waals surface area contributed by atoms with Crippen LogP contribution in [-0.4, -0.2) is 50.4 Å². The third-order valence-electron chi connectivity index (χ3n) is 7.74. The molecule has 0 heterocycles. The quantitative estimate of drug-likeness (QED) is 0.135. The summed E-state index contributed by atoms with van der Waals surface area (Å²) in [7, 11) is -4.35. The third kappa shape index (κ3) is 9.44. The molecule has 0 aromatic heterocycles. The van der Waals surface area contributed by atoms with Gasteiger partial charge < -0.3 is 15.0 Å². The smallest absolute Gasteiger partial charge is 0.264 e. The van der Waals surface area contributed by atoms with Gasteiger partial charge in [-0.25, -0.2) is 8.42 Å². The second kappa shape index (κ2) is 17.1. The molecule has 2 atom stereocenters. The van der Waals surface area contributed by atoms with Crippen molar-refractivity contribution < 1.29 is 22.7 Å². The van der Waals surface area contributed by atoms with Crippen LogP contribution < -0.4 is 14.4 Å². The molecule has 0 fully saturated rings. The van der Waals surface area contributed by atoms with Gasteiger partial charge in [0.2, 0.25) is 11.8 Å². The second-order valence-corrected chi connectivity index (χ2v) is 14.3. The van der Waals surface area contributed by atoms with Crippen molar-refractivity contribution in [3.63, 3.8) is 0 Å². The SMILES string of the molecule is CCOc1ccccc1N(CC(=O)N(Cc1ccc(Cl)cc1Cl)[C@@H](Cc1ccccc1)C(=O)N[C@@H](C)CC)S(=O)(=O)c1ccc(Cl)cc1. The topological polar surface area (TPSA) is 96.0 Å². The molecule has 0 aliphatic heterocycles. The Morgan fingerprint density at radius 3 is 2.15 bits per heavy atom. The summed E-state index contributed by atoms with van der Waals surface area (Å²) in [5, 5.41) is 4.08. The number of hydrogen-bond donors (Lipinski definition) is 1. The largest absolute Gasteiger partial charge is 0.492 e. The van der Waals surface area contributed by atoms with Gasteiger partial charge in [-0.3, -0.25) is 13.9 Å². The number of sulfonamides is 1. The lowest BCUT2D eigenvalue weighted by Crippen LogP contribution is -2.54. The molecular formula is C36H38Cl3N3O5S. The number of benzene rings is 4. The summed E-state index contributed by atoms with van der Waals surface area (Å²) in [4.78, 5) is 30.0. The van der Waals surface area contributed by atoms with E-state index in [1.165, 1.54) is 29.2 Å². The van der Waals surface area contributed by atoms with E-state index < -0.39 is 28.5 Å². The molecule has 8 nitrogen and oxygen atoms in total. The van der Waals surface area contributed by atoms with Gasteiger partial charge in [-0.05, 0) is 79.9 Å². The van der Waals surface area contributed by atoms with Crippen LogP contribution in [0.25, 0.3) is 0 Å². The summed E-state index contributed by atoms with van der Waals surface area (Å²) < 4.78 is 35.5. The molecule has 1 N–H and O–H groups in total. The van der Waals surface area contributed by atoms with E-state index in [1.54, 1.807) is 49.4 Å². The monoisotopic (exact) mass is 729 g/mol. The van der Waals surface area contributed by atoms with Crippen molar-refractivity contribution in [2.24, 2.45) is 0 Å². The molecule has 12 heteroatoms. The van der Waals surface area contributed by atoms with E-state index >= 15 is 0 Å². The van der Waals surface area contributed by atoms with E-state index in [-0.39, 0.29) is 47.9 Å². The zero-order valence-corrected chi connectivity index (χ0v) is 30.0. The van der Waals surface area contributed by atoms with Crippen LogP contribution in [0.15, 0.2) is 102 Å². The maximum atomic E-state index is 14.7. The van der Waals surface area contributed by atoms with Crippen LogP contribution >= 0.6 is 34.8 Å². The lowest BCUT2D eigenvalue weighted by atomic mass is 10.0. The molecule has 4 rings (SSSR count). The molecule has 0 aliphatic rings. The number of amides is 2. The zero-order valence-electron chi connectivity index (χ0n) is 26.9. The number of nitrogens with one attached hydrogen (secondary N) is 1. The minimum Gasteiger partial charge on any atom is -0.492 e. The second-order valence-electron chi connectivity index (χ2n) is 11.1. The maximum Gasteiger partial charge on any atom is 0.264 e. The standard InChI is InChI=1S/C36H38Cl3N3O5S/c1-4-25(3)40-36(44)33(21-26-11-7-6-8-12-26)41(23-27-15-16-29(38)22-31(27)39)35(43)24-42(32-13-9-10-14-34(32)47-5-2)48(45,46)30-19-17-28(37)18-20-30/h6-20,22,25,33H,4-5,21,23-24H2,1-3H3,(H,40,44)/t25-,33-/m0/s1. The highest BCUT2D eigenvalue weighted by molar-refractivity contribution is 7.92. The molecule has 0 spiro atoms. The first-order chi connectivity index (χ1) is 22.9. The Morgan fingerprint density at radius 1 is 0.854 bits per heavy atom. The van der Waals surface area contributed by atoms with Gasteiger partial charge >= 0.3 is 0 Å². The maximum absolute atomic E-state index is 14.7. The summed E-state index contributed by atoms with van der Waals surface area (Å²) >= 11 is 18.9. The molecule has 4 aromatic rings. The molecule has 2 amide bonds. The Balaban J connectivity index is 1.86. The predicted molar refractivity (Wildman–Crippen MR) is 192 cm³/mol. The van der Waals surface area contributed by atoms with Crippen LogP contribution in [-0.2, 0) is 32.6 Å². The first-order valence-corrected chi connectivity index (χ1v) is 18.1. The van der Waals surface area contributed by atoms with Crippen LogP contribution in [0.1, 0.15) is 38.3 Å². The molecule has 0 unspecified atom stereocenters. The first-order valence-electron chi connectivity index (χ1n) is 15.5. The molecule has 48 heavy (non-hydrogen) atoms. The Morgan fingerprint density at radius 2 is 1.50 bits per heavy atom. The average molecular weight is 731 g/mol. The molecule has 254 valence electrons. The van der Waals surface area contributed by atoms with Crippen molar-refractivity contribution in [1.29, 1.82) is 0 Å². The van der Waals surface area contributed by atoms with Gasteiger partial charge in [0.15, 0.2) is 0 Å². The number of anilines is 1. The number of rotatable bonds is 15. The van der Waals surface area contributed by atoms with Crippen molar-refractivity contribution >= 4 is 62.3 Å². The number of nitrogens with zero attached hydrogens (tertiary/aromatic N) is 2. The van der Waals surface area contributed by atoms with Crippen molar-refractivity contribution in [3.8, 4) is 5.75 Å². The molecular weight excluding hydrogens is 693 g/mol. The Hall–Kier alpha value is -3.76. The minimum atomic E-state index is -4.35. The summed E-state index contributed by atoms with van der Waals surface area (Å²) in [5.74, 6) is -0.744. The van der Waals surface area contributed by atoms with Crippen molar-refractivity contribution in [2.75, 3.05) is 17.5 Å². The van der Waals surface area contributed by atoms with Crippen molar-refractivity contribution in [2.45, 2.75) is 57.1 Å². The van der Waals surface area contributed by atoms with Crippen LogP contribution in [0.4, 0.5) is 5.69 Å². The molecule has 0 saturated heterocycles. The van der Waals surface area contributed by atoms with Gasteiger partial charge in [0.25, 0.3) is 10.0 Å². The fourth-order valence-electron chi connectivity index (χ4n) is 5.02. The lowest BCUT2D eigenvalue weighted by molar-refractivity contribution is -0.140. The summed E-state index contributed by atoms with van der Waals surface area (Å²) in [5.41, 5.74) is 1.51. The van der Waals surface area contributed by atoms with Gasteiger partial charge in [-0.15, -0.1) is 0 Å². The van der Waals surface area contributed by atoms with E-state index in [0.717, 1.165) is 9.87 Å². The fourth-order valence-corrected chi connectivity index (χ4v) is 7.04. The Kier molecular flexibility index (Phi) is 13.2. The van der Waals surface area contributed by atoms with E-state index in [9.17, 15) is 18.0 Å². The van der Waals surface area contributed by atoms with Gasteiger partial charge in [0, 0.05) is 34.1 Å². The molecule has 4 aromatic carbocycles. The number of halogens is 3. The van der Waals surface area contributed by atoms with E-state index in [4.69, 9.17) is 39.5 Å². The molecule has 0 bridgehead atoms. The van der Waals surface area contributed by atoms with Gasteiger partial charge in [-0.1, -0.05) is 90.3 Å². The molecule has 0 saturated carbocycles. The van der Waals surface area contributed by atoms with Crippen molar-refractivity contribution in [3.05, 3.63) is 123 Å². The summed E-state index contributed by atoms with van der Waals surface area (Å²) in [6, 6.07) is 25.3. The number of para-hydroxylation sites is 2. The highest BCUT2D eigenvalue weighted by atomic mass is 35.5. The molecule has 0 radical (unpaired) electrons. The van der Waals surface area contributed by atoms with E-state index in [1.807, 2.05) is 44.2 Å². The fraction of sp³-hybridized carbons (Fsp3) is 0.278. The van der Waals surface area contributed by atoms with Crippen molar-refractivity contribution in [1.82, 2.24) is 10.2 Å². The Bertz CT molecular complexity index is 1810. The van der Waals surface area contributed by atoms with Crippen LogP contribution in [0.3, 0.4) is 0 Å². The number of carbonyl (C=O) groups is 2. The molecule has 0 aliphatic carbocycles. The van der Waals surface area contributed by atoms with E-state index in [2.05, 4.69) is 5.32 Å². The average Bonchev–Trinajstić information content (AvgIpc) is 3.07.